The van der Waals surface area contributed by atoms with Gasteiger partial charge in [-0.25, -0.2) is 0 Å². The number of aromatic nitrogens is 2. The molecule has 4 nitrogen and oxygen atoms in total. The van der Waals surface area contributed by atoms with Gasteiger partial charge in [-0.15, -0.1) is 0 Å². The Morgan fingerprint density at radius 3 is 2.48 bits per heavy atom. The zero-order valence-corrected chi connectivity index (χ0v) is 12.0. The monoisotopic (exact) mass is 300 g/mol. The van der Waals surface area contributed by atoms with Crippen LogP contribution in [0.1, 0.15) is 5.69 Å². The third-order valence-corrected chi connectivity index (χ3v) is 3.63. The molecule has 3 N–H and O–H groups in total. The number of nitrogens with zero attached hydrogens (tertiary/aromatic N) is 1. The maximum atomic E-state index is 10.1. The van der Waals surface area contributed by atoms with Gasteiger partial charge in [-0.1, -0.05) is 41.9 Å². The predicted octanol–water partition coefficient (Wildman–Crippen LogP) is 4.12. The van der Waals surface area contributed by atoms with Crippen LogP contribution >= 0.6 is 11.6 Å². The first-order valence-corrected chi connectivity index (χ1v) is 6.78. The van der Waals surface area contributed by atoms with Gasteiger partial charge in [0.05, 0.1) is 5.02 Å². The molecule has 1 heterocycles. The molecule has 0 bridgehead atoms. The molecule has 2 aromatic carbocycles. The quantitative estimate of drug-likeness (QED) is 0.667. The number of H-pyrrole nitrogens is 1. The van der Waals surface area contributed by atoms with Gasteiger partial charge < -0.3 is 10.2 Å². The number of rotatable bonds is 2. The van der Waals surface area contributed by atoms with Crippen molar-refractivity contribution in [2.75, 3.05) is 0 Å². The van der Waals surface area contributed by atoms with Crippen molar-refractivity contribution in [2.24, 2.45) is 0 Å². The summed E-state index contributed by atoms with van der Waals surface area (Å²) in [6.07, 6.45) is 0. The SMILES string of the molecule is Cc1[nH]nc(-c2cc(Cl)c(O)cc2O)c1-c1ccccc1. The van der Waals surface area contributed by atoms with Gasteiger partial charge in [-0.05, 0) is 18.6 Å². The number of aryl methyl sites for hydroxylation is 1. The van der Waals surface area contributed by atoms with Crippen LogP contribution in [0.5, 0.6) is 11.5 Å². The highest BCUT2D eigenvalue weighted by Gasteiger charge is 2.18. The Kier molecular flexibility index (Phi) is 3.31. The summed E-state index contributed by atoms with van der Waals surface area (Å²) < 4.78 is 0. The highest BCUT2D eigenvalue weighted by molar-refractivity contribution is 6.32. The van der Waals surface area contributed by atoms with Crippen LogP contribution < -0.4 is 0 Å². The van der Waals surface area contributed by atoms with Crippen molar-refractivity contribution in [3.8, 4) is 33.9 Å². The molecule has 1 aromatic heterocycles. The first-order valence-electron chi connectivity index (χ1n) is 6.40. The summed E-state index contributed by atoms with van der Waals surface area (Å²) in [5.74, 6) is -0.230. The minimum absolute atomic E-state index is 0.0689. The third-order valence-electron chi connectivity index (χ3n) is 3.33. The molecule has 0 aliphatic heterocycles. The van der Waals surface area contributed by atoms with Gasteiger partial charge in [0, 0.05) is 22.9 Å². The summed E-state index contributed by atoms with van der Waals surface area (Å²) >= 11 is 5.94. The van der Waals surface area contributed by atoms with Crippen LogP contribution in [-0.2, 0) is 0 Å². The number of phenols is 2. The third kappa shape index (κ3) is 2.34. The Bertz CT molecular complexity index is 798. The second-order valence-corrected chi connectivity index (χ2v) is 5.17. The van der Waals surface area contributed by atoms with E-state index in [-0.39, 0.29) is 16.5 Å². The topological polar surface area (TPSA) is 69.1 Å². The van der Waals surface area contributed by atoms with Crippen molar-refractivity contribution >= 4 is 11.6 Å². The molecule has 0 unspecified atom stereocenters. The number of nitrogens with one attached hydrogen (secondary N) is 1. The lowest BCUT2D eigenvalue weighted by Crippen LogP contribution is -1.85. The fourth-order valence-corrected chi connectivity index (χ4v) is 2.49. The van der Waals surface area contributed by atoms with Crippen LogP contribution in [-0.4, -0.2) is 20.4 Å². The molecule has 3 aromatic rings. The largest absolute Gasteiger partial charge is 0.507 e. The number of halogens is 1. The molecule has 0 atom stereocenters. The molecule has 21 heavy (non-hydrogen) atoms. The van der Waals surface area contributed by atoms with Gasteiger partial charge in [0.25, 0.3) is 0 Å². The lowest BCUT2D eigenvalue weighted by molar-refractivity contribution is 0.452. The first kappa shape index (κ1) is 13.5. The summed E-state index contributed by atoms with van der Waals surface area (Å²) in [6, 6.07) is 12.5. The van der Waals surface area contributed by atoms with Crippen LogP contribution in [0, 0.1) is 6.92 Å². The van der Waals surface area contributed by atoms with E-state index in [2.05, 4.69) is 10.2 Å². The maximum absolute atomic E-state index is 10.1. The average molecular weight is 301 g/mol. The van der Waals surface area contributed by atoms with E-state index in [9.17, 15) is 10.2 Å². The van der Waals surface area contributed by atoms with Crippen molar-refractivity contribution in [3.05, 3.63) is 53.2 Å². The van der Waals surface area contributed by atoms with Crippen LogP contribution in [0.3, 0.4) is 0 Å². The van der Waals surface area contributed by atoms with E-state index >= 15 is 0 Å². The number of phenolic OH excluding ortho intramolecular Hbond substituents is 2. The molecule has 3 rings (SSSR count). The Labute approximate surface area is 126 Å². The summed E-state index contributed by atoms with van der Waals surface area (Å²) in [5, 5.41) is 27.0. The Morgan fingerprint density at radius 1 is 1.05 bits per heavy atom. The highest BCUT2D eigenvalue weighted by Crippen LogP contribution is 2.41. The van der Waals surface area contributed by atoms with Crippen molar-refractivity contribution in [1.29, 1.82) is 0 Å². The lowest BCUT2D eigenvalue weighted by atomic mass is 9.99. The van der Waals surface area contributed by atoms with E-state index in [1.165, 1.54) is 12.1 Å². The summed E-state index contributed by atoms with van der Waals surface area (Å²) in [4.78, 5) is 0. The molecule has 0 saturated carbocycles. The molecule has 0 saturated heterocycles. The molecule has 106 valence electrons. The number of aromatic hydroxyl groups is 2. The molecule has 5 heteroatoms. The smallest absolute Gasteiger partial charge is 0.137 e. The molecule has 0 radical (unpaired) electrons. The van der Waals surface area contributed by atoms with Crippen molar-refractivity contribution in [2.45, 2.75) is 6.92 Å². The number of hydrogen-bond donors (Lipinski definition) is 3. The minimum atomic E-state index is -0.161. The molecule has 0 amide bonds. The van der Waals surface area contributed by atoms with Crippen molar-refractivity contribution in [3.63, 3.8) is 0 Å². The number of hydrogen-bond acceptors (Lipinski definition) is 3. The van der Waals surface area contributed by atoms with Gasteiger partial charge in [0.1, 0.15) is 17.2 Å². The fourth-order valence-electron chi connectivity index (χ4n) is 2.32. The van der Waals surface area contributed by atoms with E-state index in [0.29, 0.717) is 11.3 Å². The number of benzene rings is 2. The molecule has 0 aliphatic carbocycles. The minimum Gasteiger partial charge on any atom is -0.507 e. The predicted molar refractivity (Wildman–Crippen MR) is 82.5 cm³/mol. The standard InChI is InChI=1S/C16H13ClN2O2/c1-9-15(10-5-3-2-4-6-10)16(19-18-9)11-7-12(17)14(21)8-13(11)20/h2-8,20-21H,1H3,(H,18,19). The molecule has 0 fully saturated rings. The Morgan fingerprint density at radius 2 is 1.76 bits per heavy atom. The van der Waals surface area contributed by atoms with Gasteiger partial charge >= 0.3 is 0 Å². The van der Waals surface area contributed by atoms with E-state index in [1.807, 2.05) is 37.3 Å². The summed E-state index contributed by atoms with van der Waals surface area (Å²) in [6.45, 7) is 1.91. The van der Waals surface area contributed by atoms with Gasteiger partial charge in [0.15, 0.2) is 0 Å². The summed E-state index contributed by atoms with van der Waals surface area (Å²) in [5.41, 5.74) is 3.84. The fraction of sp³-hybridized carbons (Fsp3) is 0.0625. The molecular formula is C16H13ClN2O2. The second kappa shape index (κ2) is 5.14. The Balaban J connectivity index is 2.24. The zero-order valence-electron chi connectivity index (χ0n) is 11.3. The van der Waals surface area contributed by atoms with E-state index in [0.717, 1.165) is 16.8 Å². The van der Waals surface area contributed by atoms with E-state index < -0.39 is 0 Å². The average Bonchev–Trinajstić information content (AvgIpc) is 2.85. The van der Waals surface area contributed by atoms with Crippen LogP contribution in [0.25, 0.3) is 22.4 Å². The van der Waals surface area contributed by atoms with Gasteiger partial charge in [0.2, 0.25) is 0 Å². The van der Waals surface area contributed by atoms with Crippen molar-refractivity contribution < 1.29 is 10.2 Å². The van der Waals surface area contributed by atoms with Crippen molar-refractivity contribution in [1.82, 2.24) is 10.2 Å². The van der Waals surface area contributed by atoms with Crippen LogP contribution in [0.4, 0.5) is 0 Å². The molecule has 0 aliphatic rings. The lowest BCUT2D eigenvalue weighted by Gasteiger charge is -2.08. The second-order valence-electron chi connectivity index (χ2n) is 4.76. The zero-order chi connectivity index (χ0) is 15.0. The van der Waals surface area contributed by atoms with E-state index in [1.54, 1.807) is 0 Å². The Hall–Kier alpha value is -2.46. The van der Waals surface area contributed by atoms with Gasteiger partial charge in [-0.3, -0.25) is 5.10 Å². The van der Waals surface area contributed by atoms with Gasteiger partial charge in [-0.2, -0.15) is 5.10 Å². The van der Waals surface area contributed by atoms with Crippen LogP contribution in [0.15, 0.2) is 42.5 Å². The normalized spacial score (nSPS) is 10.8. The number of aromatic amines is 1. The maximum Gasteiger partial charge on any atom is 0.137 e. The highest BCUT2D eigenvalue weighted by atomic mass is 35.5. The molecule has 0 spiro atoms. The van der Waals surface area contributed by atoms with Crippen LogP contribution in [0.2, 0.25) is 5.02 Å². The molecular weight excluding hydrogens is 288 g/mol. The first-order chi connectivity index (χ1) is 10.1. The summed E-state index contributed by atoms with van der Waals surface area (Å²) in [7, 11) is 0. The van der Waals surface area contributed by atoms with E-state index in [4.69, 9.17) is 11.6 Å².